The number of furan rings is 1. The molecule has 292 valence electrons. The zero-order chi connectivity index (χ0) is 41.2. The molecular formula is C58H33N3OS. The van der Waals surface area contributed by atoms with Crippen molar-refractivity contribution in [3.8, 4) is 67.5 Å². The molecule has 3 aromatic heterocycles. The van der Waals surface area contributed by atoms with Gasteiger partial charge in [0.1, 0.15) is 11.2 Å². The number of hydrogen-bond donors (Lipinski definition) is 0. The van der Waals surface area contributed by atoms with E-state index in [0.29, 0.717) is 17.5 Å². The molecule has 1 unspecified atom stereocenters. The monoisotopic (exact) mass is 819 g/mol. The lowest BCUT2D eigenvalue weighted by molar-refractivity contribution is 0.669. The van der Waals surface area contributed by atoms with Crippen LogP contribution in [0.2, 0.25) is 0 Å². The van der Waals surface area contributed by atoms with Crippen LogP contribution < -0.4 is 0 Å². The molecule has 0 bridgehead atoms. The van der Waals surface area contributed by atoms with E-state index < -0.39 is 5.41 Å². The zero-order valence-corrected chi connectivity index (χ0v) is 34.5. The van der Waals surface area contributed by atoms with E-state index in [1.165, 1.54) is 70.2 Å². The van der Waals surface area contributed by atoms with E-state index in [1.807, 2.05) is 47.7 Å². The van der Waals surface area contributed by atoms with Gasteiger partial charge in [0.05, 0.1) is 11.0 Å². The van der Waals surface area contributed by atoms with Crippen molar-refractivity contribution < 1.29 is 4.42 Å². The number of thiophene rings is 1. The number of para-hydroxylation sites is 2. The Morgan fingerprint density at radius 2 is 0.905 bits per heavy atom. The summed E-state index contributed by atoms with van der Waals surface area (Å²) in [7, 11) is 0. The molecule has 0 N–H and O–H groups in total. The van der Waals surface area contributed by atoms with Crippen LogP contribution in [0.15, 0.2) is 205 Å². The fourth-order valence-corrected chi connectivity index (χ4v) is 11.8. The third kappa shape index (κ3) is 4.83. The number of hydrogen-bond acceptors (Lipinski definition) is 5. The van der Waals surface area contributed by atoms with Crippen LogP contribution in [0.4, 0.5) is 0 Å². The van der Waals surface area contributed by atoms with Gasteiger partial charge in [-0.15, -0.1) is 11.3 Å². The molecule has 0 fully saturated rings. The highest BCUT2D eigenvalue weighted by atomic mass is 32.1. The van der Waals surface area contributed by atoms with Crippen molar-refractivity contribution in [1.82, 2.24) is 15.0 Å². The maximum atomic E-state index is 6.54. The largest absolute Gasteiger partial charge is 0.455 e. The SMILES string of the molecule is c1ccc(-c2nc(-c3ccc4c(c3)-c3ccccc3-c3ccccc3C43c4ccccc4-c4cc5c(cc43)sc3ccccc35)nc(-c3cccc4c3oc3ccccc34)n2)cc1. The molecule has 0 saturated heterocycles. The molecule has 1 atom stereocenters. The van der Waals surface area contributed by atoms with Crippen LogP contribution in [0.3, 0.4) is 0 Å². The summed E-state index contributed by atoms with van der Waals surface area (Å²) in [6.07, 6.45) is 0. The molecule has 63 heavy (non-hydrogen) atoms. The topological polar surface area (TPSA) is 51.8 Å². The fourth-order valence-electron chi connectivity index (χ4n) is 10.7. The normalized spacial score (nSPS) is 14.7. The van der Waals surface area contributed by atoms with E-state index >= 15 is 0 Å². The molecule has 2 aliphatic rings. The number of nitrogens with zero attached hydrogens (tertiary/aromatic N) is 3. The Balaban J connectivity index is 1.06. The van der Waals surface area contributed by atoms with E-state index in [9.17, 15) is 0 Å². The summed E-state index contributed by atoms with van der Waals surface area (Å²) in [4.78, 5) is 15.7. The first kappa shape index (κ1) is 34.7. The third-order valence-corrected chi connectivity index (χ3v) is 14.5. The zero-order valence-electron chi connectivity index (χ0n) is 33.7. The maximum absolute atomic E-state index is 6.54. The Morgan fingerprint density at radius 1 is 0.333 bits per heavy atom. The predicted octanol–water partition coefficient (Wildman–Crippen LogP) is 15.2. The van der Waals surface area contributed by atoms with Crippen LogP contribution >= 0.6 is 11.3 Å². The van der Waals surface area contributed by atoms with Gasteiger partial charge >= 0.3 is 0 Å². The van der Waals surface area contributed by atoms with Crippen molar-refractivity contribution in [2.75, 3.05) is 0 Å². The predicted molar refractivity (Wildman–Crippen MR) is 258 cm³/mol. The van der Waals surface area contributed by atoms with Gasteiger partial charge < -0.3 is 4.42 Å². The Morgan fingerprint density at radius 3 is 1.71 bits per heavy atom. The Labute approximate surface area is 366 Å². The second-order valence-corrected chi connectivity index (χ2v) is 17.7. The molecule has 5 heteroatoms. The van der Waals surface area contributed by atoms with Crippen molar-refractivity contribution in [3.63, 3.8) is 0 Å². The Kier molecular flexibility index (Phi) is 7.16. The van der Waals surface area contributed by atoms with Crippen molar-refractivity contribution in [3.05, 3.63) is 222 Å². The van der Waals surface area contributed by atoms with Gasteiger partial charge in [0, 0.05) is 42.1 Å². The lowest BCUT2D eigenvalue weighted by Crippen LogP contribution is -2.29. The Hall–Kier alpha value is -7.99. The summed E-state index contributed by atoms with van der Waals surface area (Å²) in [5, 5.41) is 4.71. The number of aromatic nitrogens is 3. The smallest absolute Gasteiger partial charge is 0.167 e. The van der Waals surface area contributed by atoms with Crippen LogP contribution in [0.5, 0.6) is 0 Å². The average Bonchev–Trinajstić information content (AvgIpc) is 3.99. The molecule has 3 heterocycles. The molecule has 2 aliphatic carbocycles. The molecule has 9 aromatic carbocycles. The number of fused-ring (bicyclic) bond motifs is 18. The van der Waals surface area contributed by atoms with Crippen LogP contribution in [-0.2, 0) is 5.41 Å². The van der Waals surface area contributed by atoms with E-state index in [1.54, 1.807) is 0 Å². The van der Waals surface area contributed by atoms with Crippen molar-refractivity contribution in [2.24, 2.45) is 0 Å². The second-order valence-electron chi connectivity index (χ2n) is 16.6. The van der Waals surface area contributed by atoms with Gasteiger partial charge in [-0.1, -0.05) is 164 Å². The first-order valence-corrected chi connectivity index (χ1v) is 22.2. The number of rotatable bonds is 3. The highest BCUT2D eigenvalue weighted by Crippen LogP contribution is 2.62. The maximum Gasteiger partial charge on any atom is 0.167 e. The van der Waals surface area contributed by atoms with Crippen LogP contribution in [-0.4, -0.2) is 15.0 Å². The lowest BCUT2D eigenvalue weighted by Gasteiger charge is -2.35. The first-order valence-electron chi connectivity index (χ1n) is 21.3. The van der Waals surface area contributed by atoms with Crippen LogP contribution in [0, 0.1) is 0 Å². The van der Waals surface area contributed by atoms with Crippen LogP contribution in [0.25, 0.3) is 110 Å². The van der Waals surface area contributed by atoms with Gasteiger partial charge in [0.25, 0.3) is 0 Å². The number of benzene rings is 9. The quantitative estimate of drug-likeness (QED) is 0.178. The summed E-state index contributed by atoms with van der Waals surface area (Å²) in [5.74, 6) is 1.77. The first-order chi connectivity index (χ1) is 31.2. The molecule has 1 spiro atoms. The van der Waals surface area contributed by atoms with Crippen molar-refractivity contribution in [2.45, 2.75) is 5.41 Å². The van der Waals surface area contributed by atoms with Crippen LogP contribution in [0.1, 0.15) is 22.3 Å². The average molecular weight is 820 g/mol. The molecular weight excluding hydrogens is 787 g/mol. The lowest BCUT2D eigenvalue weighted by atomic mass is 9.65. The molecule has 0 saturated carbocycles. The summed E-state index contributed by atoms with van der Waals surface area (Å²) in [6, 6.07) is 72.3. The minimum atomic E-state index is -0.615. The minimum absolute atomic E-state index is 0.564. The van der Waals surface area contributed by atoms with E-state index in [2.05, 4.69) is 164 Å². The van der Waals surface area contributed by atoms with E-state index in [4.69, 9.17) is 19.4 Å². The summed E-state index contributed by atoms with van der Waals surface area (Å²) < 4.78 is 9.14. The molecule has 0 aliphatic heterocycles. The minimum Gasteiger partial charge on any atom is -0.455 e. The van der Waals surface area contributed by atoms with Gasteiger partial charge in [-0.2, -0.15) is 0 Å². The highest BCUT2D eigenvalue weighted by Gasteiger charge is 2.50. The summed E-state index contributed by atoms with van der Waals surface area (Å²) in [6.45, 7) is 0. The molecule has 4 nitrogen and oxygen atoms in total. The van der Waals surface area contributed by atoms with Gasteiger partial charge in [-0.3, -0.25) is 0 Å². The van der Waals surface area contributed by atoms with E-state index in [-0.39, 0.29) is 0 Å². The molecule has 12 aromatic rings. The molecule has 0 radical (unpaired) electrons. The van der Waals surface area contributed by atoms with Gasteiger partial charge in [-0.05, 0) is 92.0 Å². The standard InChI is InChI=1S/C58H33N3OS/c1-2-15-34(16-3-1)55-59-56(61-57(60-55)43-24-14-23-42-40-21-8-12-27-51(40)62-54(42)43)35-29-30-49-44(31-35)37-18-5-4-17-36(37)38-19-6-10-25-47(38)58(49)48-26-11-7-20-39(48)45-32-46-41-22-9-13-28-52(41)63-53(46)33-50(45)58/h1-33H. The van der Waals surface area contributed by atoms with Gasteiger partial charge in [-0.25, -0.2) is 15.0 Å². The highest BCUT2D eigenvalue weighted by molar-refractivity contribution is 7.25. The van der Waals surface area contributed by atoms with Crippen molar-refractivity contribution >= 4 is 53.4 Å². The molecule has 0 amide bonds. The third-order valence-electron chi connectivity index (χ3n) is 13.4. The Bertz CT molecular complexity index is 3880. The van der Waals surface area contributed by atoms with Gasteiger partial charge in [0.15, 0.2) is 17.5 Å². The fraction of sp³-hybridized carbons (Fsp3) is 0.0172. The summed E-state index contributed by atoms with van der Waals surface area (Å²) >= 11 is 1.88. The second kappa shape index (κ2) is 13.0. The molecule has 14 rings (SSSR count). The van der Waals surface area contributed by atoms with Crippen molar-refractivity contribution in [1.29, 1.82) is 0 Å². The van der Waals surface area contributed by atoms with Gasteiger partial charge in [0.2, 0.25) is 0 Å². The van der Waals surface area contributed by atoms with E-state index in [0.717, 1.165) is 44.2 Å². The summed E-state index contributed by atoms with van der Waals surface area (Å²) in [5.41, 5.74) is 16.1.